The summed E-state index contributed by atoms with van der Waals surface area (Å²) < 4.78 is 23.6. The van der Waals surface area contributed by atoms with E-state index in [0.717, 1.165) is 0 Å². The number of fused-ring (bicyclic) bond motifs is 1. The van der Waals surface area contributed by atoms with Gasteiger partial charge in [0.2, 0.25) is 12.7 Å². The van der Waals surface area contributed by atoms with Gasteiger partial charge in [-0.05, 0) is 30.7 Å². The summed E-state index contributed by atoms with van der Waals surface area (Å²) in [5, 5.41) is 2.67. The Balaban J connectivity index is 1.81. The molecule has 0 unspecified atom stereocenters. The van der Waals surface area contributed by atoms with Gasteiger partial charge in [0.15, 0.2) is 17.3 Å². The molecular weight excluding hydrogens is 301 g/mol. The van der Waals surface area contributed by atoms with Crippen LogP contribution in [0.3, 0.4) is 0 Å². The topological polar surface area (TPSA) is 64.6 Å². The zero-order valence-corrected chi connectivity index (χ0v) is 12.4. The summed E-state index contributed by atoms with van der Waals surface area (Å²) in [7, 11) is 0. The highest BCUT2D eigenvalue weighted by Gasteiger charge is 2.20. The predicted octanol–water partition coefficient (Wildman–Crippen LogP) is 2.94. The molecule has 0 fully saturated rings. The van der Waals surface area contributed by atoms with Crippen molar-refractivity contribution in [2.45, 2.75) is 13.3 Å². The van der Waals surface area contributed by atoms with Gasteiger partial charge in [-0.1, -0.05) is 12.1 Å². The van der Waals surface area contributed by atoms with Crippen molar-refractivity contribution in [3.05, 3.63) is 53.3 Å². The normalized spacial score (nSPS) is 12.1. The summed E-state index contributed by atoms with van der Waals surface area (Å²) in [6, 6.07) is 8.91. The van der Waals surface area contributed by atoms with Crippen LogP contribution < -0.4 is 14.8 Å². The highest BCUT2D eigenvalue weighted by molar-refractivity contribution is 6.04. The van der Waals surface area contributed by atoms with Crippen LogP contribution in [0.25, 0.3) is 0 Å². The number of Topliss-reactive ketones (excluding diaryl/α,β-unsaturated/α-hetero) is 1. The number of ketones is 1. The average Bonchev–Trinajstić information content (AvgIpc) is 2.93. The van der Waals surface area contributed by atoms with Gasteiger partial charge in [0.25, 0.3) is 0 Å². The van der Waals surface area contributed by atoms with Crippen LogP contribution in [0, 0.1) is 5.82 Å². The Hall–Kier alpha value is -2.89. The summed E-state index contributed by atoms with van der Waals surface area (Å²) in [6.07, 6.45) is 0.00352. The Kier molecular flexibility index (Phi) is 3.97. The molecule has 0 aromatic heterocycles. The number of rotatable bonds is 4. The number of hydrogen-bond donors (Lipinski definition) is 1. The van der Waals surface area contributed by atoms with Crippen LogP contribution >= 0.6 is 0 Å². The minimum atomic E-state index is -0.400. The van der Waals surface area contributed by atoms with E-state index in [0.29, 0.717) is 28.3 Å². The Labute approximate surface area is 132 Å². The van der Waals surface area contributed by atoms with Crippen LogP contribution in [0.2, 0.25) is 0 Å². The molecule has 118 valence electrons. The number of benzene rings is 2. The quantitative estimate of drug-likeness (QED) is 0.881. The van der Waals surface area contributed by atoms with Crippen LogP contribution in [0.1, 0.15) is 22.8 Å². The fraction of sp³-hybridized carbons (Fsp3) is 0.176. The molecule has 0 atom stereocenters. The summed E-state index contributed by atoms with van der Waals surface area (Å²) >= 11 is 0. The van der Waals surface area contributed by atoms with Crippen LogP contribution in [-0.2, 0) is 11.2 Å². The zero-order chi connectivity index (χ0) is 16.4. The molecule has 5 nitrogen and oxygen atoms in total. The van der Waals surface area contributed by atoms with Crippen molar-refractivity contribution in [2.24, 2.45) is 0 Å². The third kappa shape index (κ3) is 3.31. The molecule has 1 amide bonds. The van der Waals surface area contributed by atoms with Crippen molar-refractivity contribution in [2.75, 3.05) is 12.1 Å². The highest BCUT2D eigenvalue weighted by Crippen LogP contribution is 2.37. The van der Waals surface area contributed by atoms with Gasteiger partial charge in [0.05, 0.1) is 12.1 Å². The number of nitrogens with one attached hydrogen (secondary N) is 1. The number of carbonyl (C=O) groups is 2. The van der Waals surface area contributed by atoms with Gasteiger partial charge in [-0.15, -0.1) is 0 Å². The minimum Gasteiger partial charge on any atom is -0.454 e. The maximum absolute atomic E-state index is 13.2. The molecule has 0 bridgehead atoms. The van der Waals surface area contributed by atoms with Crippen LogP contribution in [0.4, 0.5) is 10.1 Å². The Morgan fingerprint density at radius 3 is 2.61 bits per heavy atom. The number of ether oxygens (including phenoxy) is 2. The van der Waals surface area contributed by atoms with Crippen molar-refractivity contribution in [1.82, 2.24) is 0 Å². The molecule has 0 spiro atoms. The molecular formula is C17H14FNO4. The summed E-state index contributed by atoms with van der Waals surface area (Å²) in [6.45, 7) is 1.48. The lowest BCUT2D eigenvalue weighted by molar-refractivity contribution is -0.115. The van der Waals surface area contributed by atoms with Crippen molar-refractivity contribution in [3.63, 3.8) is 0 Å². The van der Waals surface area contributed by atoms with Crippen LogP contribution in [0.15, 0.2) is 36.4 Å². The van der Waals surface area contributed by atoms with Gasteiger partial charge < -0.3 is 14.8 Å². The Bertz CT molecular complexity index is 788. The molecule has 0 saturated carbocycles. The molecule has 1 aliphatic rings. The van der Waals surface area contributed by atoms with E-state index < -0.39 is 5.82 Å². The first-order valence-electron chi connectivity index (χ1n) is 7.02. The minimum absolute atomic E-state index is 0.00352. The van der Waals surface area contributed by atoms with Gasteiger partial charge in [-0.25, -0.2) is 4.39 Å². The number of halogens is 1. The second kappa shape index (κ2) is 6.08. The summed E-state index contributed by atoms with van der Waals surface area (Å²) in [5.74, 6) is -0.0153. The first kappa shape index (κ1) is 15.0. The maximum Gasteiger partial charge on any atom is 0.231 e. The second-order valence-electron chi connectivity index (χ2n) is 5.16. The van der Waals surface area contributed by atoms with E-state index in [1.807, 2.05) is 0 Å². The lowest BCUT2D eigenvalue weighted by atomic mass is 10.1. The van der Waals surface area contributed by atoms with E-state index in [9.17, 15) is 14.0 Å². The standard InChI is InChI=1S/C17H14FNO4/c1-10(20)13-7-15-16(23-9-22-15)8-14(13)19-17(21)6-11-3-2-4-12(18)5-11/h2-5,7-8H,6,9H2,1H3,(H,19,21). The zero-order valence-electron chi connectivity index (χ0n) is 12.4. The molecule has 0 saturated heterocycles. The van der Waals surface area contributed by atoms with E-state index in [-0.39, 0.29) is 24.9 Å². The first-order valence-corrected chi connectivity index (χ1v) is 7.02. The van der Waals surface area contributed by atoms with Gasteiger partial charge in [0.1, 0.15) is 5.82 Å². The lowest BCUT2D eigenvalue weighted by Crippen LogP contribution is -2.16. The third-order valence-electron chi connectivity index (χ3n) is 3.42. The fourth-order valence-electron chi connectivity index (χ4n) is 2.36. The molecule has 2 aromatic carbocycles. The van der Waals surface area contributed by atoms with E-state index in [1.54, 1.807) is 24.3 Å². The molecule has 1 N–H and O–H groups in total. The molecule has 0 radical (unpaired) electrons. The highest BCUT2D eigenvalue weighted by atomic mass is 19.1. The first-order chi connectivity index (χ1) is 11.0. The number of amides is 1. The van der Waals surface area contributed by atoms with Gasteiger partial charge in [-0.3, -0.25) is 9.59 Å². The van der Waals surface area contributed by atoms with E-state index in [1.165, 1.54) is 19.1 Å². The molecule has 0 aliphatic carbocycles. The second-order valence-corrected chi connectivity index (χ2v) is 5.16. The largest absolute Gasteiger partial charge is 0.454 e. The summed E-state index contributed by atoms with van der Waals surface area (Å²) in [4.78, 5) is 23.9. The fourth-order valence-corrected chi connectivity index (χ4v) is 2.36. The predicted molar refractivity (Wildman–Crippen MR) is 81.3 cm³/mol. The molecule has 2 aromatic rings. The lowest BCUT2D eigenvalue weighted by Gasteiger charge is -2.10. The molecule has 1 heterocycles. The van der Waals surface area contributed by atoms with Crippen LogP contribution in [0.5, 0.6) is 11.5 Å². The van der Waals surface area contributed by atoms with Crippen molar-refractivity contribution in [3.8, 4) is 11.5 Å². The Morgan fingerprint density at radius 1 is 1.17 bits per heavy atom. The van der Waals surface area contributed by atoms with Crippen molar-refractivity contribution < 1.29 is 23.5 Å². The molecule has 3 rings (SSSR count). The van der Waals surface area contributed by atoms with Crippen molar-refractivity contribution in [1.29, 1.82) is 0 Å². The van der Waals surface area contributed by atoms with Crippen LogP contribution in [-0.4, -0.2) is 18.5 Å². The average molecular weight is 315 g/mol. The smallest absolute Gasteiger partial charge is 0.231 e. The monoisotopic (exact) mass is 315 g/mol. The van der Waals surface area contributed by atoms with E-state index in [4.69, 9.17) is 9.47 Å². The third-order valence-corrected chi connectivity index (χ3v) is 3.42. The van der Waals surface area contributed by atoms with E-state index >= 15 is 0 Å². The van der Waals surface area contributed by atoms with Gasteiger partial charge >= 0.3 is 0 Å². The van der Waals surface area contributed by atoms with Gasteiger partial charge in [0, 0.05) is 11.6 Å². The number of hydrogen-bond acceptors (Lipinski definition) is 4. The maximum atomic E-state index is 13.2. The number of carbonyl (C=O) groups excluding carboxylic acids is 2. The summed E-state index contributed by atoms with van der Waals surface area (Å²) in [5.41, 5.74) is 1.23. The molecule has 1 aliphatic heterocycles. The Morgan fingerprint density at radius 2 is 1.91 bits per heavy atom. The molecule has 6 heteroatoms. The number of anilines is 1. The van der Waals surface area contributed by atoms with Crippen molar-refractivity contribution >= 4 is 17.4 Å². The molecule has 23 heavy (non-hydrogen) atoms. The van der Waals surface area contributed by atoms with E-state index in [2.05, 4.69) is 5.32 Å². The SMILES string of the molecule is CC(=O)c1cc2c(cc1NC(=O)Cc1cccc(F)c1)OCO2. The van der Waals surface area contributed by atoms with Gasteiger partial charge in [-0.2, -0.15) is 0 Å².